The van der Waals surface area contributed by atoms with Crippen molar-refractivity contribution in [2.24, 2.45) is 0 Å². The molecule has 0 radical (unpaired) electrons. The van der Waals surface area contributed by atoms with Crippen molar-refractivity contribution >= 4 is 23.6 Å². The zero-order chi connectivity index (χ0) is 24.1. The van der Waals surface area contributed by atoms with E-state index in [9.17, 15) is 31.5 Å². The minimum atomic E-state index is -4.46. The first-order chi connectivity index (χ1) is 15.5. The van der Waals surface area contributed by atoms with Crippen LogP contribution in [0.25, 0.3) is 12.2 Å². The van der Waals surface area contributed by atoms with Gasteiger partial charge in [0.05, 0.1) is 11.1 Å². The minimum absolute atomic E-state index is 0.126. The van der Waals surface area contributed by atoms with Crippen LogP contribution in [0.1, 0.15) is 22.3 Å². The van der Waals surface area contributed by atoms with E-state index >= 15 is 0 Å². The molecular weight excluding hydrogens is 444 g/mol. The van der Waals surface area contributed by atoms with Gasteiger partial charge in [-0.1, -0.05) is 42.5 Å². The highest BCUT2D eigenvalue weighted by Gasteiger charge is 2.30. The maximum atomic E-state index is 12.8. The van der Waals surface area contributed by atoms with Crippen molar-refractivity contribution in [1.82, 2.24) is 0 Å². The number of para-hydroxylation sites is 1. The molecule has 0 unspecified atom stereocenters. The van der Waals surface area contributed by atoms with Gasteiger partial charge in [0, 0.05) is 24.3 Å². The molecule has 0 aliphatic heterocycles. The van der Waals surface area contributed by atoms with Crippen molar-refractivity contribution < 1.29 is 31.1 Å². The van der Waals surface area contributed by atoms with Crippen molar-refractivity contribution in [3.63, 3.8) is 0 Å². The second-order valence-electron chi connectivity index (χ2n) is 6.96. The maximum Gasteiger partial charge on any atom is 0.416 e. The highest BCUT2D eigenvalue weighted by Crippen LogP contribution is 2.30. The highest BCUT2D eigenvalue weighted by molar-refractivity contribution is 6.05. The summed E-state index contributed by atoms with van der Waals surface area (Å²) < 4.78 is 77.0. The molecule has 0 N–H and O–H groups in total. The molecule has 0 bridgehead atoms. The van der Waals surface area contributed by atoms with Gasteiger partial charge >= 0.3 is 12.4 Å². The lowest BCUT2D eigenvalue weighted by Gasteiger charge is -2.07. The fourth-order valence-corrected chi connectivity index (χ4v) is 2.83. The second-order valence-corrected chi connectivity index (χ2v) is 6.96. The topological polar surface area (TPSA) is 26.1 Å². The Kier molecular flexibility index (Phi) is 7.06. The molecule has 0 aliphatic rings. The zero-order valence-electron chi connectivity index (χ0n) is 16.9. The van der Waals surface area contributed by atoms with E-state index in [1.807, 2.05) is 0 Å². The molecule has 3 rings (SSSR count). The van der Waals surface area contributed by atoms with E-state index in [0.29, 0.717) is 21.6 Å². The van der Waals surface area contributed by atoms with Crippen LogP contribution < -0.4 is 0 Å². The average molecular weight is 461 g/mol. The number of hydrogen-bond acceptors (Lipinski definition) is 1. The van der Waals surface area contributed by atoms with Crippen molar-refractivity contribution in [2.75, 3.05) is 0 Å². The molecule has 0 saturated heterocycles. The van der Waals surface area contributed by atoms with Crippen LogP contribution in [0.15, 0.2) is 91.0 Å². The van der Waals surface area contributed by atoms with E-state index in [1.165, 1.54) is 48.6 Å². The first kappa shape index (κ1) is 23.8. The third-order valence-electron chi connectivity index (χ3n) is 4.59. The molecule has 170 valence electrons. The summed E-state index contributed by atoms with van der Waals surface area (Å²) in [6, 6.07) is 17.0. The largest absolute Gasteiger partial charge is 0.618 e. The van der Waals surface area contributed by atoms with Gasteiger partial charge in [-0.25, -0.2) is 0 Å². The van der Waals surface area contributed by atoms with Crippen LogP contribution in [0, 0.1) is 5.21 Å². The van der Waals surface area contributed by atoms with Crippen LogP contribution in [-0.2, 0) is 12.4 Å². The lowest BCUT2D eigenvalue weighted by atomic mass is 10.1. The summed E-state index contributed by atoms with van der Waals surface area (Å²) in [7, 11) is 0. The van der Waals surface area contributed by atoms with Crippen molar-refractivity contribution in [3.8, 4) is 0 Å². The normalized spacial score (nSPS) is 12.4. The molecule has 0 fully saturated rings. The molecule has 0 amide bonds. The lowest BCUT2D eigenvalue weighted by molar-refractivity contribution is -0.358. The van der Waals surface area contributed by atoms with E-state index in [2.05, 4.69) is 0 Å². The summed E-state index contributed by atoms with van der Waals surface area (Å²) in [5.74, 6) is 0. The van der Waals surface area contributed by atoms with Crippen LogP contribution in [0.2, 0.25) is 0 Å². The molecule has 8 heteroatoms. The van der Waals surface area contributed by atoms with Gasteiger partial charge in [-0.3, -0.25) is 0 Å². The number of benzene rings is 3. The van der Waals surface area contributed by atoms with Gasteiger partial charge in [0.1, 0.15) is 0 Å². The van der Waals surface area contributed by atoms with E-state index < -0.39 is 23.5 Å². The fraction of sp³-hybridized carbons (Fsp3) is 0.0800. The Morgan fingerprint density at radius 1 is 0.606 bits per heavy atom. The van der Waals surface area contributed by atoms with Gasteiger partial charge in [0.15, 0.2) is 0 Å². The van der Waals surface area contributed by atoms with E-state index in [1.54, 1.807) is 30.3 Å². The Hall–Kier alpha value is -3.81. The van der Waals surface area contributed by atoms with Gasteiger partial charge in [0.2, 0.25) is 11.4 Å². The summed E-state index contributed by atoms with van der Waals surface area (Å²) in [5, 5.41) is 12.8. The maximum absolute atomic E-state index is 12.8. The quantitative estimate of drug-likeness (QED) is 0.126. The Bertz CT molecular complexity index is 1090. The molecule has 0 aliphatic carbocycles. The molecular formula is C25H17F6NO. The third kappa shape index (κ3) is 6.58. The van der Waals surface area contributed by atoms with Crippen LogP contribution in [0.3, 0.4) is 0 Å². The molecule has 2 nitrogen and oxygen atoms in total. The average Bonchev–Trinajstić information content (AvgIpc) is 2.79. The summed E-state index contributed by atoms with van der Waals surface area (Å²) >= 11 is 0. The summed E-state index contributed by atoms with van der Waals surface area (Å²) in [6.07, 6.45) is -3.13. The van der Waals surface area contributed by atoms with E-state index in [4.69, 9.17) is 0 Å². The minimum Gasteiger partial charge on any atom is -0.618 e. The van der Waals surface area contributed by atoms with Crippen LogP contribution in [0.4, 0.5) is 32.0 Å². The van der Waals surface area contributed by atoms with Gasteiger partial charge < -0.3 is 5.21 Å². The number of rotatable bonds is 5. The molecule has 0 heterocycles. The first-order valence-corrected chi connectivity index (χ1v) is 9.64. The zero-order valence-corrected chi connectivity index (χ0v) is 16.9. The predicted molar refractivity (Wildman–Crippen MR) is 116 cm³/mol. The molecule has 3 aromatic carbocycles. The van der Waals surface area contributed by atoms with Gasteiger partial charge in [-0.15, -0.1) is 0 Å². The Morgan fingerprint density at radius 2 is 1.00 bits per heavy atom. The summed E-state index contributed by atoms with van der Waals surface area (Å²) in [6.45, 7) is 0. The molecule has 0 saturated carbocycles. The van der Waals surface area contributed by atoms with Gasteiger partial charge in [-0.2, -0.15) is 31.1 Å². The Morgan fingerprint density at radius 3 is 1.36 bits per heavy atom. The number of halogens is 6. The number of allylic oxidation sites excluding steroid dienone is 2. The SMILES string of the molecule is [O-][N+](=C(/C=C/c1ccc(C(F)(F)F)cc1)/C=C/c1ccc(C(F)(F)F)cc1)c1ccccc1. The second kappa shape index (κ2) is 9.77. The monoisotopic (exact) mass is 461 g/mol. The standard InChI is InChI=1S/C25H17F6NO/c26-24(27,28)20-12-6-18(7-13-20)10-16-23(32(33)22-4-2-1-3-5-22)17-11-19-8-14-21(15-9-19)25(29,30)31/h1-17H/b16-10+,17-11+. The van der Waals surface area contributed by atoms with Crippen molar-refractivity contribution in [3.05, 3.63) is 118 Å². The number of alkyl halides is 6. The third-order valence-corrected chi connectivity index (χ3v) is 4.59. The van der Waals surface area contributed by atoms with Gasteiger partial charge in [0.25, 0.3) is 0 Å². The predicted octanol–water partition coefficient (Wildman–Crippen LogP) is 7.73. The highest BCUT2D eigenvalue weighted by atomic mass is 19.4. The van der Waals surface area contributed by atoms with Crippen LogP contribution in [-0.4, -0.2) is 10.5 Å². The smallest absolute Gasteiger partial charge is 0.416 e. The Balaban J connectivity index is 1.92. The number of hydrogen-bond donors (Lipinski definition) is 0. The van der Waals surface area contributed by atoms with E-state index in [0.717, 1.165) is 24.3 Å². The Labute approximate surface area is 186 Å². The van der Waals surface area contributed by atoms with Crippen molar-refractivity contribution in [1.29, 1.82) is 0 Å². The molecule has 0 atom stereocenters. The van der Waals surface area contributed by atoms with Gasteiger partial charge in [-0.05, 0) is 47.5 Å². The first-order valence-electron chi connectivity index (χ1n) is 9.64. The summed E-state index contributed by atoms with van der Waals surface area (Å²) in [4.78, 5) is 0. The number of nitrogens with zero attached hydrogens (tertiary/aromatic N) is 1. The molecule has 0 aromatic heterocycles. The summed E-state index contributed by atoms with van der Waals surface area (Å²) in [5.41, 5.74) is -0.279. The van der Waals surface area contributed by atoms with Crippen molar-refractivity contribution in [2.45, 2.75) is 12.4 Å². The molecule has 3 aromatic rings. The van der Waals surface area contributed by atoms with Crippen LogP contribution in [0.5, 0.6) is 0 Å². The fourth-order valence-electron chi connectivity index (χ4n) is 2.83. The molecule has 33 heavy (non-hydrogen) atoms. The van der Waals surface area contributed by atoms with E-state index in [-0.39, 0.29) is 5.71 Å². The molecule has 0 spiro atoms. The van der Waals surface area contributed by atoms with Crippen LogP contribution >= 0.6 is 0 Å². The lowest BCUT2D eigenvalue weighted by Crippen LogP contribution is -2.06.